The van der Waals surface area contributed by atoms with Crippen LogP contribution < -0.4 is 5.73 Å². The Balaban J connectivity index is 2.53. The minimum Gasteiger partial charge on any atom is -0.361 e. The van der Waals surface area contributed by atoms with Gasteiger partial charge in [-0.1, -0.05) is 6.07 Å². The van der Waals surface area contributed by atoms with Gasteiger partial charge in [0.1, 0.15) is 0 Å². The molecule has 1 aromatic heterocycles. The molecule has 5 nitrogen and oxygen atoms in total. The Bertz CT molecular complexity index is 659. The van der Waals surface area contributed by atoms with E-state index in [0.717, 1.165) is 22.9 Å². The van der Waals surface area contributed by atoms with E-state index in [9.17, 15) is 8.42 Å². The fourth-order valence-corrected chi connectivity index (χ4v) is 2.83. The van der Waals surface area contributed by atoms with E-state index < -0.39 is 10.0 Å². The van der Waals surface area contributed by atoms with Gasteiger partial charge in [0, 0.05) is 31.2 Å². The molecule has 18 heavy (non-hydrogen) atoms. The number of benzene rings is 1. The predicted molar refractivity (Wildman–Crippen MR) is 71.9 cm³/mol. The van der Waals surface area contributed by atoms with Gasteiger partial charge < -0.3 is 10.7 Å². The number of hydrogen-bond donors (Lipinski definition) is 2. The molecule has 0 bridgehead atoms. The van der Waals surface area contributed by atoms with Crippen molar-refractivity contribution in [3.05, 3.63) is 30.0 Å². The van der Waals surface area contributed by atoms with Gasteiger partial charge in [0.25, 0.3) is 0 Å². The van der Waals surface area contributed by atoms with Crippen LogP contribution in [0, 0.1) is 0 Å². The monoisotopic (exact) mass is 267 g/mol. The fraction of sp³-hybridized carbons (Fsp3) is 0.333. The number of aromatic nitrogens is 1. The van der Waals surface area contributed by atoms with Crippen molar-refractivity contribution in [2.24, 2.45) is 5.73 Å². The molecule has 2 aromatic rings. The van der Waals surface area contributed by atoms with Gasteiger partial charge >= 0.3 is 0 Å². The van der Waals surface area contributed by atoms with Crippen LogP contribution in [-0.2, 0) is 16.4 Å². The summed E-state index contributed by atoms with van der Waals surface area (Å²) in [5, 5.41) is 1.03. The van der Waals surface area contributed by atoms with Crippen LogP contribution in [0.3, 0.4) is 0 Å². The van der Waals surface area contributed by atoms with Gasteiger partial charge in [-0.25, -0.2) is 12.7 Å². The van der Waals surface area contributed by atoms with Crippen molar-refractivity contribution in [2.45, 2.75) is 11.3 Å². The average molecular weight is 267 g/mol. The summed E-state index contributed by atoms with van der Waals surface area (Å²) in [4.78, 5) is 3.38. The molecule has 0 aliphatic carbocycles. The smallest absolute Gasteiger partial charge is 0.242 e. The Morgan fingerprint density at radius 3 is 2.67 bits per heavy atom. The van der Waals surface area contributed by atoms with E-state index in [4.69, 9.17) is 5.73 Å². The van der Waals surface area contributed by atoms with Crippen LogP contribution in [0.4, 0.5) is 0 Å². The molecule has 0 saturated heterocycles. The third kappa shape index (κ3) is 2.14. The van der Waals surface area contributed by atoms with E-state index in [1.165, 1.54) is 18.4 Å². The number of fused-ring (bicyclic) bond motifs is 1. The number of hydrogen-bond acceptors (Lipinski definition) is 3. The van der Waals surface area contributed by atoms with Gasteiger partial charge in [0.15, 0.2) is 0 Å². The van der Waals surface area contributed by atoms with Gasteiger partial charge in [-0.3, -0.25) is 0 Å². The number of H-pyrrole nitrogens is 1. The zero-order chi connectivity index (χ0) is 13.3. The molecule has 0 fully saturated rings. The quantitative estimate of drug-likeness (QED) is 0.864. The molecule has 0 amide bonds. The highest BCUT2D eigenvalue weighted by Gasteiger charge is 2.18. The van der Waals surface area contributed by atoms with Crippen molar-refractivity contribution in [3.63, 3.8) is 0 Å². The van der Waals surface area contributed by atoms with Crippen molar-refractivity contribution in [2.75, 3.05) is 20.6 Å². The first-order valence-corrected chi connectivity index (χ1v) is 7.13. The van der Waals surface area contributed by atoms with Gasteiger partial charge in [-0.2, -0.15) is 0 Å². The molecule has 0 saturated carbocycles. The molecule has 98 valence electrons. The van der Waals surface area contributed by atoms with Gasteiger partial charge in [-0.05, 0) is 30.7 Å². The Kier molecular flexibility index (Phi) is 3.43. The summed E-state index contributed by atoms with van der Waals surface area (Å²) in [5.41, 5.74) is 7.47. The molecule has 1 heterocycles. The molecule has 0 unspecified atom stereocenters. The highest BCUT2D eigenvalue weighted by molar-refractivity contribution is 7.89. The molecule has 2 rings (SSSR count). The fourth-order valence-electron chi connectivity index (χ4n) is 1.90. The van der Waals surface area contributed by atoms with Crippen molar-refractivity contribution >= 4 is 20.9 Å². The third-order valence-electron chi connectivity index (χ3n) is 2.93. The maximum absolute atomic E-state index is 12.0. The second-order valence-corrected chi connectivity index (χ2v) is 6.50. The molecule has 0 radical (unpaired) electrons. The molecule has 6 heteroatoms. The zero-order valence-electron chi connectivity index (χ0n) is 10.5. The minimum absolute atomic E-state index is 0.293. The lowest BCUT2D eigenvalue weighted by Gasteiger charge is -2.11. The van der Waals surface area contributed by atoms with Crippen LogP contribution in [0.25, 0.3) is 10.9 Å². The summed E-state index contributed by atoms with van der Waals surface area (Å²) in [7, 11) is -0.339. The van der Waals surface area contributed by atoms with Crippen LogP contribution in [0.2, 0.25) is 0 Å². The molecule has 3 N–H and O–H groups in total. The van der Waals surface area contributed by atoms with E-state index in [2.05, 4.69) is 4.98 Å². The standard InChI is InChI=1S/C12H17N3O2S/c1-15(2)18(16,17)10-3-4-11-9(5-6-13)8-14-12(11)7-10/h3-4,7-8,14H,5-6,13H2,1-2H3. The van der Waals surface area contributed by atoms with Crippen LogP contribution in [0.15, 0.2) is 29.3 Å². The van der Waals surface area contributed by atoms with Crippen molar-refractivity contribution in [3.8, 4) is 0 Å². The zero-order valence-corrected chi connectivity index (χ0v) is 11.3. The maximum Gasteiger partial charge on any atom is 0.242 e. The summed E-state index contributed by atoms with van der Waals surface area (Å²) in [6.07, 6.45) is 2.66. The summed E-state index contributed by atoms with van der Waals surface area (Å²) < 4.78 is 25.2. The first-order chi connectivity index (χ1) is 8.46. The molecular formula is C12H17N3O2S. The number of aromatic amines is 1. The topological polar surface area (TPSA) is 79.2 Å². The number of nitrogens with one attached hydrogen (secondary N) is 1. The molecule has 0 atom stereocenters. The lowest BCUT2D eigenvalue weighted by Crippen LogP contribution is -2.22. The second kappa shape index (κ2) is 4.72. The van der Waals surface area contributed by atoms with Gasteiger partial charge in [-0.15, -0.1) is 0 Å². The first kappa shape index (κ1) is 13.1. The van der Waals surface area contributed by atoms with E-state index in [-0.39, 0.29) is 0 Å². The third-order valence-corrected chi connectivity index (χ3v) is 4.74. The summed E-state index contributed by atoms with van der Waals surface area (Å²) in [5.74, 6) is 0. The molecule has 0 aliphatic heterocycles. The average Bonchev–Trinajstić information content (AvgIpc) is 2.72. The normalized spacial score (nSPS) is 12.4. The van der Waals surface area contributed by atoms with Crippen LogP contribution in [0.1, 0.15) is 5.56 Å². The summed E-state index contributed by atoms with van der Waals surface area (Å²) in [6.45, 7) is 0.574. The Labute approximate surface area is 107 Å². The summed E-state index contributed by atoms with van der Waals surface area (Å²) in [6, 6.07) is 5.11. The van der Waals surface area contributed by atoms with Crippen LogP contribution >= 0.6 is 0 Å². The van der Waals surface area contributed by atoms with Gasteiger partial charge in [0.05, 0.1) is 4.90 Å². The van der Waals surface area contributed by atoms with E-state index in [0.29, 0.717) is 11.4 Å². The predicted octanol–water partition coefficient (Wildman–Crippen LogP) is 0.919. The second-order valence-electron chi connectivity index (χ2n) is 4.35. The number of nitrogens with two attached hydrogens (primary N) is 1. The maximum atomic E-state index is 12.0. The van der Waals surface area contributed by atoms with E-state index in [1.54, 1.807) is 12.1 Å². The lowest BCUT2D eigenvalue weighted by atomic mass is 10.1. The Morgan fingerprint density at radius 1 is 1.33 bits per heavy atom. The molecule has 1 aromatic carbocycles. The van der Waals surface area contributed by atoms with E-state index >= 15 is 0 Å². The molecular weight excluding hydrogens is 250 g/mol. The summed E-state index contributed by atoms with van der Waals surface area (Å²) >= 11 is 0. The number of sulfonamides is 1. The van der Waals surface area contributed by atoms with E-state index in [1.807, 2.05) is 12.3 Å². The Hall–Kier alpha value is -1.37. The first-order valence-electron chi connectivity index (χ1n) is 5.69. The highest BCUT2D eigenvalue weighted by Crippen LogP contribution is 2.23. The van der Waals surface area contributed by atoms with Crippen LogP contribution in [-0.4, -0.2) is 38.3 Å². The van der Waals surface area contributed by atoms with Crippen molar-refractivity contribution < 1.29 is 8.42 Å². The molecule has 0 spiro atoms. The number of rotatable bonds is 4. The number of nitrogens with zero attached hydrogens (tertiary/aromatic N) is 1. The Morgan fingerprint density at radius 2 is 2.06 bits per heavy atom. The van der Waals surface area contributed by atoms with Gasteiger partial charge in [0.2, 0.25) is 10.0 Å². The molecule has 0 aliphatic rings. The van der Waals surface area contributed by atoms with Crippen molar-refractivity contribution in [1.29, 1.82) is 0 Å². The lowest BCUT2D eigenvalue weighted by molar-refractivity contribution is 0.521. The van der Waals surface area contributed by atoms with Crippen LogP contribution in [0.5, 0.6) is 0 Å². The SMILES string of the molecule is CN(C)S(=O)(=O)c1ccc2c(CCN)c[nH]c2c1. The van der Waals surface area contributed by atoms with Crippen molar-refractivity contribution in [1.82, 2.24) is 9.29 Å². The minimum atomic E-state index is -3.38. The largest absolute Gasteiger partial charge is 0.361 e. The highest BCUT2D eigenvalue weighted by atomic mass is 32.2.